The van der Waals surface area contributed by atoms with Crippen LogP contribution in [0.1, 0.15) is 47.6 Å². The Bertz CT molecular complexity index is 1250. The summed E-state index contributed by atoms with van der Waals surface area (Å²) in [5.74, 6) is -1.59. The number of likely N-dealkylation sites (tertiary alicyclic amines) is 1. The monoisotopic (exact) mass is 479 g/mol. The van der Waals surface area contributed by atoms with E-state index in [0.717, 1.165) is 11.8 Å². The first-order chi connectivity index (χ1) is 16.9. The van der Waals surface area contributed by atoms with E-state index >= 15 is 0 Å². The summed E-state index contributed by atoms with van der Waals surface area (Å²) in [5, 5.41) is 8.16. The van der Waals surface area contributed by atoms with Crippen molar-refractivity contribution in [1.29, 1.82) is 0 Å². The Balaban J connectivity index is 1.14. The minimum atomic E-state index is -0.998. The fourth-order valence-electron chi connectivity index (χ4n) is 5.48. The van der Waals surface area contributed by atoms with Crippen LogP contribution in [-0.2, 0) is 9.53 Å². The van der Waals surface area contributed by atoms with Gasteiger partial charge in [0.25, 0.3) is 11.8 Å². The normalized spacial score (nSPS) is 23.2. The fraction of sp³-hybridized carbons (Fsp3) is 0.360. The lowest BCUT2D eigenvalue weighted by Gasteiger charge is -2.37. The summed E-state index contributed by atoms with van der Waals surface area (Å²) < 4.78 is 33.9. The highest BCUT2D eigenvalue weighted by Gasteiger charge is 2.58. The van der Waals surface area contributed by atoms with E-state index in [4.69, 9.17) is 4.74 Å². The molecule has 3 fully saturated rings. The van der Waals surface area contributed by atoms with Gasteiger partial charge in [-0.1, -0.05) is 0 Å². The molecular formula is C25H23F2N5O3. The van der Waals surface area contributed by atoms with Crippen LogP contribution in [0.3, 0.4) is 0 Å². The summed E-state index contributed by atoms with van der Waals surface area (Å²) in [5.41, 5.74) is 0.744. The number of aromatic nitrogens is 3. The summed E-state index contributed by atoms with van der Waals surface area (Å²) in [7, 11) is 0. The van der Waals surface area contributed by atoms with Crippen molar-refractivity contribution in [3.63, 3.8) is 0 Å². The molecule has 180 valence electrons. The van der Waals surface area contributed by atoms with Crippen molar-refractivity contribution < 1.29 is 23.1 Å². The number of carbonyl (C=O) groups is 2. The first kappa shape index (κ1) is 21.8. The van der Waals surface area contributed by atoms with Crippen molar-refractivity contribution in [2.24, 2.45) is 0 Å². The van der Waals surface area contributed by atoms with Gasteiger partial charge in [-0.2, -0.15) is 15.0 Å². The van der Waals surface area contributed by atoms with E-state index in [9.17, 15) is 18.4 Å². The number of piperidine rings is 1. The number of rotatable bonds is 3. The summed E-state index contributed by atoms with van der Waals surface area (Å²) in [4.78, 5) is 31.4. The van der Waals surface area contributed by atoms with Crippen molar-refractivity contribution >= 4 is 11.8 Å². The Morgan fingerprint density at radius 2 is 1.63 bits per heavy atom. The van der Waals surface area contributed by atoms with Gasteiger partial charge in [0.05, 0.1) is 24.1 Å². The van der Waals surface area contributed by atoms with Crippen LogP contribution in [0.2, 0.25) is 0 Å². The highest BCUT2D eigenvalue weighted by Crippen LogP contribution is 2.47. The molecule has 3 aliphatic heterocycles. The van der Waals surface area contributed by atoms with Crippen LogP contribution in [0.25, 0.3) is 5.69 Å². The Labute approximate surface area is 200 Å². The molecule has 0 aliphatic carbocycles. The Kier molecular flexibility index (Phi) is 5.14. The number of ether oxygens (including phenoxy) is 1. The zero-order valence-corrected chi connectivity index (χ0v) is 18.8. The van der Waals surface area contributed by atoms with Gasteiger partial charge < -0.3 is 14.5 Å². The maximum Gasteiger partial charge on any atom is 0.257 e. The number of benzene rings is 2. The van der Waals surface area contributed by atoms with Gasteiger partial charge in [-0.15, -0.1) is 0 Å². The number of fused-ring (bicyclic) bond motifs is 1. The number of hydrogen-bond acceptors (Lipinski definition) is 5. The number of nitrogens with zero attached hydrogens (tertiary/aromatic N) is 5. The average Bonchev–Trinajstić information content (AvgIpc) is 3.58. The third-order valence-electron chi connectivity index (χ3n) is 7.21. The molecule has 0 bridgehead atoms. The lowest BCUT2D eigenvalue weighted by Crippen LogP contribution is -2.51. The van der Waals surface area contributed by atoms with Crippen LogP contribution in [0.15, 0.2) is 54.9 Å². The summed E-state index contributed by atoms with van der Waals surface area (Å²) >= 11 is 0. The minimum Gasteiger partial charge on any atom is -0.342 e. The second kappa shape index (κ2) is 8.23. The average molecular weight is 479 g/mol. The molecule has 35 heavy (non-hydrogen) atoms. The van der Waals surface area contributed by atoms with E-state index in [0.29, 0.717) is 49.9 Å². The van der Waals surface area contributed by atoms with Gasteiger partial charge in [0.2, 0.25) is 0 Å². The van der Waals surface area contributed by atoms with E-state index in [2.05, 4.69) is 10.2 Å². The fourth-order valence-corrected chi connectivity index (χ4v) is 5.48. The van der Waals surface area contributed by atoms with Crippen LogP contribution in [-0.4, -0.2) is 61.5 Å². The van der Waals surface area contributed by atoms with E-state index in [1.54, 1.807) is 46.5 Å². The lowest BCUT2D eigenvalue weighted by molar-refractivity contribution is -0.142. The smallest absolute Gasteiger partial charge is 0.257 e. The molecule has 3 aromatic rings. The molecule has 1 aromatic heterocycles. The van der Waals surface area contributed by atoms with Crippen LogP contribution < -0.4 is 0 Å². The number of halogens is 2. The quantitative estimate of drug-likeness (QED) is 0.576. The Morgan fingerprint density at radius 3 is 2.29 bits per heavy atom. The van der Waals surface area contributed by atoms with E-state index in [1.165, 1.54) is 16.9 Å². The molecule has 0 N–H and O–H groups in total. The van der Waals surface area contributed by atoms with Gasteiger partial charge in [-0.25, -0.2) is 8.78 Å². The van der Waals surface area contributed by atoms with Gasteiger partial charge in [-0.05, 0) is 54.8 Å². The first-order valence-electron chi connectivity index (χ1n) is 11.7. The third kappa shape index (κ3) is 3.68. The summed E-state index contributed by atoms with van der Waals surface area (Å²) in [6, 6.07) is 10.0. The highest BCUT2D eigenvalue weighted by atomic mass is 19.1. The van der Waals surface area contributed by atoms with Crippen LogP contribution in [0.5, 0.6) is 0 Å². The van der Waals surface area contributed by atoms with Crippen molar-refractivity contribution in [2.45, 2.75) is 43.6 Å². The predicted molar refractivity (Wildman–Crippen MR) is 119 cm³/mol. The van der Waals surface area contributed by atoms with Gasteiger partial charge in [0.1, 0.15) is 17.9 Å². The highest BCUT2D eigenvalue weighted by molar-refractivity contribution is 5.95. The molecule has 10 heteroatoms. The molecule has 2 amide bonds. The van der Waals surface area contributed by atoms with Gasteiger partial charge in [-0.3, -0.25) is 9.59 Å². The maximum atomic E-state index is 13.8. The summed E-state index contributed by atoms with van der Waals surface area (Å²) in [6.45, 7) is 0.764. The molecule has 0 radical (unpaired) electrons. The van der Waals surface area contributed by atoms with Crippen LogP contribution in [0, 0.1) is 11.6 Å². The largest absolute Gasteiger partial charge is 0.342 e. The van der Waals surface area contributed by atoms with E-state index in [-0.39, 0.29) is 11.8 Å². The topological polar surface area (TPSA) is 80.6 Å². The Hall–Kier alpha value is -3.66. The SMILES string of the molecule is O=C(c1ccc(-n2nccn2)cc1)N1CCC2(CC1)OC1CCC(c3cc(F)cc(F)c3)N1C2=O. The second-order valence-electron chi connectivity index (χ2n) is 9.23. The van der Waals surface area contributed by atoms with E-state index in [1.807, 2.05) is 0 Å². The maximum absolute atomic E-state index is 13.8. The van der Waals surface area contributed by atoms with Gasteiger partial charge in [0, 0.05) is 37.6 Å². The molecule has 4 heterocycles. The second-order valence-corrected chi connectivity index (χ2v) is 9.23. The molecule has 3 saturated heterocycles. The molecule has 2 atom stereocenters. The van der Waals surface area contributed by atoms with Crippen LogP contribution >= 0.6 is 0 Å². The zero-order chi connectivity index (χ0) is 24.2. The molecule has 6 rings (SSSR count). The third-order valence-corrected chi connectivity index (χ3v) is 7.21. The van der Waals surface area contributed by atoms with Crippen molar-refractivity contribution in [3.05, 3.63) is 77.6 Å². The molecule has 2 aromatic carbocycles. The molecular weight excluding hydrogens is 456 g/mol. The lowest BCUT2D eigenvalue weighted by atomic mass is 9.89. The van der Waals surface area contributed by atoms with Gasteiger partial charge >= 0.3 is 0 Å². The molecule has 1 spiro atoms. The molecule has 0 saturated carbocycles. The molecule has 2 unspecified atom stereocenters. The van der Waals surface area contributed by atoms with Crippen LogP contribution in [0.4, 0.5) is 8.78 Å². The molecule has 8 nitrogen and oxygen atoms in total. The predicted octanol–water partition coefficient (Wildman–Crippen LogP) is 3.24. The molecule has 3 aliphatic rings. The number of hydrogen-bond donors (Lipinski definition) is 0. The summed E-state index contributed by atoms with van der Waals surface area (Å²) in [6.07, 6.45) is 4.70. The van der Waals surface area contributed by atoms with Crippen molar-refractivity contribution in [1.82, 2.24) is 24.8 Å². The standard InChI is InChI=1S/C25H23F2N5O3/c26-18-13-17(14-19(27)15-18)21-5-6-22-31(21)24(34)25(35-22)7-11-30(12-8-25)23(33)16-1-3-20(4-2-16)32-28-9-10-29-32/h1-4,9-10,13-15,21-22H,5-8,11-12H2. The zero-order valence-electron chi connectivity index (χ0n) is 18.8. The van der Waals surface area contributed by atoms with Gasteiger partial charge in [0.15, 0.2) is 5.60 Å². The van der Waals surface area contributed by atoms with Crippen molar-refractivity contribution in [2.75, 3.05) is 13.1 Å². The Morgan fingerprint density at radius 1 is 0.971 bits per heavy atom. The van der Waals surface area contributed by atoms with Crippen molar-refractivity contribution in [3.8, 4) is 5.69 Å². The number of amides is 2. The first-order valence-corrected chi connectivity index (χ1v) is 11.7. The number of carbonyl (C=O) groups excluding carboxylic acids is 2. The minimum absolute atomic E-state index is 0.112. The van der Waals surface area contributed by atoms with E-state index < -0.39 is 29.5 Å².